The number of pyridine rings is 1. The first-order chi connectivity index (χ1) is 7.57. The number of aliphatic hydroxyl groups excluding tert-OH is 2. The van der Waals surface area contributed by atoms with Gasteiger partial charge in [0.2, 0.25) is 5.69 Å². The lowest BCUT2D eigenvalue weighted by atomic mass is 10.1. The number of rotatable bonds is 4. The second-order valence-electron chi connectivity index (χ2n) is 3.09. The molecular formula is C10H13NO5. The van der Waals surface area contributed by atoms with Crippen molar-refractivity contribution in [2.75, 3.05) is 6.61 Å². The van der Waals surface area contributed by atoms with E-state index in [2.05, 4.69) is 4.74 Å². The zero-order valence-electron chi connectivity index (χ0n) is 8.74. The molecule has 6 nitrogen and oxygen atoms in total. The second-order valence-corrected chi connectivity index (χ2v) is 3.09. The zero-order valence-corrected chi connectivity index (χ0v) is 8.74. The van der Waals surface area contributed by atoms with Crippen LogP contribution in [-0.4, -0.2) is 28.9 Å². The van der Waals surface area contributed by atoms with Gasteiger partial charge in [0, 0.05) is 12.1 Å². The molecule has 88 valence electrons. The Kier molecular flexibility index (Phi) is 4.21. The number of carbonyl (C=O) groups is 1. The molecule has 0 unspecified atom stereocenters. The molecule has 0 aromatic carbocycles. The molecule has 1 aromatic heterocycles. The fraction of sp³-hybridized carbons (Fsp3) is 0.400. The van der Waals surface area contributed by atoms with Crippen LogP contribution in [0.15, 0.2) is 24.4 Å². The maximum absolute atomic E-state index is 11.2. The molecular weight excluding hydrogens is 214 g/mol. The number of esters is 1. The Morgan fingerprint density at radius 1 is 1.56 bits per heavy atom. The van der Waals surface area contributed by atoms with Crippen molar-refractivity contribution in [3.8, 4) is 0 Å². The summed E-state index contributed by atoms with van der Waals surface area (Å²) >= 11 is 0. The van der Waals surface area contributed by atoms with Crippen LogP contribution < -0.4 is 4.73 Å². The van der Waals surface area contributed by atoms with Gasteiger partial charge in [-0.3, -0.25) is 0 Å². The summed E-state index contributed by atoms with van der Waals surface area (Å²) in [6.07, 6.45) is -2.20. The van der Waals surface area contributed by atoms with E-state index in [-0.39, 0.29) is 12.3 Å². The Balaban J connectivity index is 2.82. The van der Waals surface area contributed by atoms with Gasteiger partial charge in [-0.25, -0.2) is 4.79 Å². The Hall–Kier alpha value is -1.66. The third-order valence-corrected chi connectivity index (χ3v) is 1.98. The third kappa shape index (κ3) is 2.68. The SMILES string of the molecule is CCOC(=O)[C@H](O)[C@H](O)c1cccc[n+]1[O-]. The largest absolute Gasteiger partial charge is 0.618 e. The van der Waals surface area contributed by atoms with Gasteiger partial charge >= 0.3 is 5.97 Å². The van der Waals surface area contributed by atoms with Crippen molar-refractivity contribution in [2.24, 2.45) is 0 Å². The molecule has 0 saturated heterocycles. The summed E-state index contributed by atoms with van der Waals surface area (Å²) in [7, 11) is 0. The van der Waals surface area contributed by atoms with Crippen LogP contribution in [0.1, 0.15) is 18.7 Å². The van der Waals surface area contributed by atoms with Crippen molar-refractivity contribution in [1.29, 1.82) is 0 Å². The van der Waals surface area contributed by atoms with Crippen molar-refractivity contribution in [1.82, 2.24) is 0 Å². The minimum Gasteiger partial charge on any atom is -0.618 e. The number of hydrogen-bond donors (Lipinski definition) is 2. The molecule has 0 fully saturated rings. The molecule has 0 spiro atoms. The highest BCUT2D eigenvalue weighted by atomic mass is 16.5. The van der Waals surface area contributed by atoms with Gasteiger partial charge in [-0.05, 0) is 13.0 Å². The number of ether oxygens (including phenoxy) is 1. The van der Waals surface area contributed by atoms with E-state index in [0.717, 1.165) is 6.20 Å². The standard InChI is InChI=1S/C10H13NO5/c1-2-16-10(14)9(13)8(12)7-5-3-4-6-11(7)15/h3-6,8-9,12-13H,2H2,1H3/t8-,9-/m1/s1. The molecule has 0 aliphatic rings. The smallest absolute Gasteiger partial charge is 0.338 e. The van der Waals surface area contributed by atoms with E-state index in [9.17, 15) is 20.2 Å². The summed E-state index contributed by atoms with van der Waals surface area (Å²) in [6.45, 7) is 1.67. The lowest BCUT2D eigenvalue weighted by Crippen LogP contribution is -2.39. The molecule has 0 saturated carbocycles. The van der Waals surface area contributed by atoms with E-state index in [1.54, 1.807) is 6.92 Å². The molecule has 0 bridgehead atoms. The molecule has 1 aromatic rings. The van der Waals surface area contributed by atoms with Crippen molar-refractivity contribution in [3.63, 3.8) is 0 Å². The Labute approximate surface area is 92.3 Å². The Morgan fingerprint density at radius 3 is 2.81 bits per heavy atom. The Morgan fingerprint density at radius 2 is 2.25 bits per heavy atom. The summed E-state index contributed by atoms with van der Waals surface area (Å²) in [4.78, 5) is 11.1. The van der Waals surface area contributed by atoms with Crippen LogP contribution in [-0.2, 0) is 9.53 Å². The van der Waals surface area contributed by atoms with E-state index in [1.165, 1.54) is 18.2 Å². The minimum absolute atomic E-state index is 0.0920. The van der Waals surface area contributed by atoms with E-state index in [1.807, 2.05) is 0 Å². The van der Waals surface area contributed by atoms with Crippen LogP contribution in [0, 0.1) is 5.21 Å². The first-order valence-corrected chi connectivity index (χ1v) is 4.78. The van der Waals surface area contributed by atoms with Crippen LogP contribution in [0.3, 0.4) is 0 Å². The van der Waals surface area contributed by atoms with Gasteiger partial charge in [-0.1, -0.05) is 0 Å². The number of aliphatic hydroxyl groups is 2. The fourth-order valence-electron chi connectivity index (χ4n) is 1.19. The first-order valence-electron chi connectivity index (χ1n) is 4.78. The van der Waals surface area contributed by atoms with Gasteiger partial charge in [0.05, 0.1) is 6.61 Å². The summed E-state index contributed by atoms with van der Waals surface area (Å²) in [5.41, 5.74) is -0.108. The van der Waals surface area contributed by atoms with Crippen LogP contribution in [0.4, 0.5) is 0 Å². The van der Waals surface area contributed by atoms with Gasteiger partial charge in [0.1, 0.15) is 0 Å². The number of nitrogens with zero attached hydrogens (tertiary/aromatic N) is 1. The number of aromatic nitrogens is 1. The molecule has 1 heterocycles. The molecule has 16 heavy (non-hydrogen) atoms. The second kappa shape index (κ2) is 5.43. The number of carbonyl (C=O) groups excluding carboxylic acids is 1. The van der Waals surface area contributed by atoms with E-state index >= 15 is 0 Å². The van der Waals surface area contributed by atoms with Crippen LogP contribution in [0.25, 0.3) is 0 Å². The van der Waals surface area contributed by atoms with E-state index in [0.29, 0.717) is 4.73 Å². The third-order valence-electron chi connectivity index (χ3n) is 1.98. The molecule has 1 rings (SSSR count). The molecule has 0 aliphatic heterocycles. The molecule has 6 heteroatoms. The van der Waals surface area contributed by atoms with Gasteiger partial charge in [-0.15, -0.1) is 0 Å². The Bertz CT molecular complexity index is 368. The summed E-state index contributed by atoms with van der Waals surface area (Å²) in [5.74, 6) is -0.959. The van der Waals surface area contributed by atoms with E-state index < -0.39 is 18.2 Å². The first kappa shape index (κ1) is 12.4. The average Bonchev–Trinajstić information content (AvgIpc) is 2.28. The maximum Gasteiger partial charge on any atom is 0.338 e. The zero-order chi connectivity index (χ0) is 12.1. The molecule has 2 N–H and O–H groups in total. The van der Waals surface area contributed by atoms with Crippen molar-refractivity contribution >= 4 is 5.97 Å². The topological polar surface area (TPSA) is 93.7 Å². The van der Waals surface area contributed by atoms with Crippen molar-refractivity contribution in [2.45, 2.75) is 19.1 Å². The maximum atomic E-state index is 11.2. The van der Waals surface area contributed by atoms with Crippen LogP contribution in [0.2, 0.25) is 0 Å². The normalized spacial score (nSPS) is 14.2. The number of hydrogen-bond acceptors (Lipinski definition) is 5. The van der Waals surface area contributed by atoms with Gasteiger partial charge in [-0.2, -0.15) is 4.73 Å². The molecule has 0 aliphatic carbocycles. The van der Waals surface area contributed by atoms with Crippen LogP contribution >= 0.6 is 0 Å². The lowest BCUT2D eigenvalue weighted by Gasteiger charge is -2.15. The molecule has 0 amide bonds. The van der Waals surface area contributed by atoms with Gasteiger partial charge in [0.25, 0.3) is 0 Å². The monoisotopic (exact) mass is 227 g/mol. The van der Waals surface area contributed by atoms with E-state index in [4.69, 9.17) is 0 Å². The van der Waals surface area contributed by atoms with Gasteiger partial charge < -0.3 is 20.2 Å². The average molecular weight is 227 g/mol. The van der Waals surface area contributed by atoms with Crippen molar-refractivity contribution in [3.05, 3.63) is 35.3 Å². The van der Waals surface area contributed by atoms with Crippen molar-refractivity contribution < 1.29 is 24.5 Å². The highest BCUT2D eigenvalue weighted by Crippen LogP contribution is 2.13. The fourth-order valence-corrected chi connectivity index (χ4v) is 1.19. The highest BCUT2D eigenvalue weighted by molar-refractivity contribution is 5.75. The lowest BCUT2D eigenvalue weighted by molar-refractivity contribution is -0.619. The molecule has 0 radical (unpaired) electrons. The molecule has 2 atom stereocenters. The quantitative estimate of drug-likeness (QED) is 0.402. The minimum atomic E-state index is -1.76. The summed E-state index contributed by atoms with van der Waals surface area (Å²) in [6, 6.07) is 4.31. The predicted molar refractivity (Wildman–Crippen MR) is 53.0 cm³/mol. The summed E-state index contributed by atoms with van der Waals surface area (Å²) < 4.78 is 4.91. The van der Waals surface area contributed by atoms with Gasteiger partial charge in [0.15, 0.2) is 18.4 Å². The van der Waals surface area contributed by atoms with Crippen LogP contribution in [0.5, 0.6) is 0 Å². The summed E-state index contributed by atoms with van der Waals surface area (Å²) in [5, 5.41) is 30.3. The predicted octanol–water partition coefficient (Wildman–Crippen LogP) is -0.723. The highest BCUT2D eigenvalue weighted by Gasteiger charge is 2.31.